The number of methoxy groups -OCH3 is 1. The molecule has 3 N–H and O–H groups in total. The van der Waals surface area contributed by atoms with Gasteiger partial charge in [0.1, 0.15) is 6.61 Å². The van der Waals surface area contributed by atoms with Gasteiger partial charge in [-0.25, -0.2) is 14.2 Å². The van der Waals surface area contributed by atoms with Crippen molar-refractivity contribution in [1.29, 1.82) is 0 Å². The molecule has 1 atom stereocenters. The highest BCUT2D eigenvalue weighted by Crippen LogP contribution is 2.43. The molecule has 2 aliphatic rings. The molecule has 0 saturated carbocycles. The molecule has 0 bridgehead atoms. The van der Waals surface area contributed by atoms with Gasteiger partial charge in [0.25, 0.3) is 5.56 Å². The normalized spacial score (nSPS) is 18.9. The number of ether oxygens (including phenoxy) is 2. The Morgan fingerprint density at radius 3 is 2.78 bits per heavy atom. The van der Waals surface area contributed by atoms with E-state index in [-0.39, 0.29) is 48.6 Å². The van der Waals surface area contributed by atoms with Crippen LogP contribution in [0.4, 0.5) is 4.39 Å². The van der Waals surface area contributed by atoms with Crippen molar-refractivity contribution >= 4 is 32.8 Å². The minimum atomic E-state index is -1.92. The van der Waals surface area contributed by atoms with Crippen LogP contribution in [0.3, 0.4) is 0 Å². The summed E-state index contributed by atoms with van der Waals surface area (Å²) in [5.74, 6) is -1.34. The molecule has 0 spiro atoms. The fraction of sp³-hybridized carbons (Fsp3) is 0.318. The molecule has 4 heterocycles. The standard InChI is InChI=1S/C22H19BrFN3O5/c1-3-22(30)12-4-15-18-10(7-27(15)20(28)11(12)8-32-21(22)29)9(6-25)16-14(26-18)5-13(24)19(31-2)17(16)23/h4-5,30H,3,6-8,25H2,1-2H3/t22-/m0/s1. The number of nitrogens with zero attached hydrogens (tertiary/aromatic N) is 2. The average Bonchev–Trinajstić information content (AvgIpc) is 3.14. The van der Waals surface area contributed by atoms with Crippen molar-refractivity contribution in [2.75, 3.05) is 7.11 Å². The zero-order chi connectivity index (χ0) is 22.9. The van der Waals surface area contributed by atoms with Gasteiger partial charge in [0.2, 0.25) is 0 Å². The molecule has 0 aliphatic carbocycles. The maximum absolute atomic E-state index is 14.6. The van der Waals surface area contributed by atoms with E-state index in [0.717, 1.165) is 5.56 Å². The summed E-state index contributed by atoms with van der Waals surface area (Å²) in [5.41, 5.74) is 6.93. The largest absolute Gasteiger partial charge is 0.492 e. The average molecular weight is 504 g/mol. The van der Waals surface area contributed by atoms with Crippen LogP contribution in [0.5, 0.6) is 5.75 Å². The van der Waals surface area contributed by atoms with Crippen molar-refractivity contribution in [3.8, 4) is 17.1 Å². The zero-order valence-corrected chi connectivity index (χ0v) is 18.9. The zero-order valence-electron chi connectivity index (χ0n) is 17.3. The minimum Gasteiger partial charge on any atom is -0.492 e. The Hall–Kier alpha value is -2.82. The van der Waals surface area contributed by atoms with Crippen LogP contribution in [-0.2, 0) is 34.8 Å². The van der Waals surface area contributed by atoms with Gasteiger partial charge in [-0.1, -0.05) is 6.92 Å². The molecule has 8 nitrogen and oxygen atoms in total. The summed E-state index contributed by atoms with van der Waals surface area (Å²) >= 11 is 3.41. The van der Waals surface area contributed by atoms with Crippen LogP contribution in [0.1, 0.15) is 35.6 Å². The van der Waals surface area contributed by atoms with E-state index in [1.165, 1.54) is 17.7 Å². The molecule has 0 saturated heterocycles. The number of aromatic nitrogens is 2. The van der Waals surface area contributed by atoms with E-state index in [2.05, 4.69) is 20.9 Å². The Morgan fingerprint density at radius 2 is 2.12 bits per heavy atom. The van der Waals surface area contributed by atoms with Gasteiger partial charge in [-0.2, -0.15) is 0 Å². The van der Waals surface area contributed by atoms with Crippen molar-refractivity contribution in [3.05, 3.63) is 55.0 Å². The molecule has 3 aromatic rings. The molecule has 2 aromatic heterocycles. The Kier molecular flexibility index (Phi) is 4.66. The van der Waals surface area contributed by atoms with Crippen molar-refractivity contribution in [2.45, 2.75) is 38.6 Å². The number of hydrogen-bond donors (Lipinski definition) is 2. The lowest BCUT2D eigenvalue weighted by molar-refractivity contribution is -0.172. The van der Waals surface area contributed by atoms with Crippen molar-refractivity contribution in [1.82, 2.24) is 9.55 Å². The van der Waals surface area contributed by atoms with Gasteiger partial charge in [0, 0.05) is 29.1 Å². The number of carbonyl (C=O) groups excluding carboxylic acids is 1. The van der Waals surface area contributed by atoms with E-state index in [0.29, 0.717) is 32.3 Å². The van der Waals surface area contributed by atoms with Crippen LogP contribution in [0.25, 0.3) is 22.3 Å². The molecule has 0 fully saturated rings. The van der Waals surface area contributed by atoms with Crippen LogP contribution in [0.2, 0.25) is 0 Å². The highest BCUT2D eigenvalue weighted by Gasteiger charge is 2.45. The fourth-order valence-electron chi connectivity index (χ4n) is 4.65. The molecule has 0 radical (unpaired) electrons. The number of esters is 1. The Balaban J connectivity index is 1.85. The van der Waals surface area contributed by atoms with Crippen molar-refractivity contribution < 1.29 is 23.8 Å². The number of halogens is 2. The molecule has 1 aromatic carbocycles. The third-order valence-corrected chi connectivity index (χ3v) is 7.11. The maximum atomic E-state index is 14.6. The molecule has 32 heavy (non-hydrogen) atoms. The van der Waals surface area contributed by atoms with Gasteiger partial charge in [0.15, 0.2) is 17.2 Å². The number of fused-ring (bicyclic) bond motifs is 5. The first kappa shape index (κ1) is 21.0. The first-order chi connectivity index (χ1) is 15.3. The number of cyclic esters (lactones) is 1. The van der Waals surface area contributed by atoms with Gasteiger partial charge in [0.05, 0.1) is 40.6 Å². The number of carbonyl (C=O) groups is 1. The van der Waals surface area contributed by atoms with E-state index in [9.17, 15) is 19.1 Å². The van der Waals surface area contributed by atoms with Crippen LogP contribution >= 0.6 is 15.9 Å². The Labute approximate surface area is 189 Å². The number of rotatable bonds is 3. The van der Waals surface area contributed by atoms with E-state index in [4.69, 9.17) is 15.2 Å². The number of aliphatic hydroxyl groups is 1. The van der Waals surface area contributed by atoms with Gasteiger partial charge in [-0.3, -0.25) is 4.79 Å². The van der Waals surface area contributed by atoms with E-state index < -0.39 is 17.4 Å². The van der Waals surface area contributed by atoms with Crippen molar-refractivity contribution in [2.24, 2.45) is 5.73 Å². The lowest BCUT2D eigenvalue weighted by Crippen LogP contribution is -2.44. The lowest BCUT2D eigenvalue weighted by Gasteiger charge is -2.31. The van der Waals surface area contributed by atoms with Crippen LogP contribution < -0.4 is 16.0 Å². The summed E-state index contributed by atoms with van der Waals surface area (Å²) in [6.07, 6.45) is 0.0474. The molecular formula is C22H19BrFN3O5. The summed E-state index contributed by atoms with van der Waals surface area (Å²) in [5, 5.41) is 11.6. The third-order valence-electron chi connectivity index (χ3n) is 6.35. The molecule has 166 valence electrons. The van der Waals surface area contributed by atoms with Gasteiger partial charge < -0.3 is 24.9 Å². The quantitative estimate of drug-likeness (QED) is 0.412. The second-order valence-electron chi connectivity index (χ2n) is 7.82. The smallest absolute Gasteiger partial charge is 0.343 e. The molecule has 0 amide bonds. The summed E-state index contributed by atoms with van der Waals surface area (Å²) in [6.45, 7) is 1.76. The second kappa shape index (κ2) is 7.09. The summed E-state index contributed by atoms with van der Waals surface area (Å²) in [6, 6.07) is 2.87. The lowest BCUT2D eigenvalue weighted by atomic mass is 9.86. The predicted molar refractivity (Wildman–Crippen MR) is 117 cm³/mol. The predicted octanol–water partition coefficient (Wildman–Crippen LogP) is 2.45. The number of benzene rings is 1. The molecule has 0 unspecified atom stereocenters. The van der Waals surface area contributed by atoms with E-state index >= 15 is 0 Å². The van der Waals surface area contributed by atoms with Gasteiger partial charge in [-0.05, 0) is 34.0 Å². The Bertz CT molecular complexity index is 1400. The van der Waals surface area contributed by atoms with Gasteiger partial charge in [-0.15, -0.1) is 0 Å². The van der Waals surface area contributed by atoms with Crippen molar-refractivity contribution in [3.63, 3.8) is 0 Å². The number of hydrogen-bond acceptors (Lipinski definition) is 7. The summed E-state index contributed by atoms with van der Waals surface area (Å²) in [7, 11) is 1.37. The topological polar surface area (TPSA) is 117 Å². The third kappa shape index (κ3) is 2.57. The van der Waals surface area contributed by atoms with E-state index in [1.54, 1.807) is 13.0 Å². The van der Waals surface area contributed by atoms with Crippen LogP contribution in [0.15, 0.2) is 21.4 Å². The molecule has 2 aliphatic heterocycles. The maximum Gasteiger partial charge on any atom is 0.343 e. The first-order valence-corrected chi connectivity index (χ1v) is 10.8. The van der Waals surface area contributed by atoms with E-state index in [1.807, 2.05) is 0 Å². The summed E-state index contributed by atoms with van der Waals surface area (Å²) < 4.78 is 26.8. The molecular weight excluding hydrogens is 485 g/mol. The van der Waals surface area contributed by atoms with Crippen LogP contribution in [-0.4, -0.2) is 27.7 Å². The first-order valence-electron chi connectivity index (χ1n) is 10.0. The summed E-state index contributed by atoms with van der Waals surface area (Å²) in [4.78, 5) is 30.3. The Morgan fingerprint density at radius 1 is 1.38 bits per heavy atom. The number of nitrogens with two attached hydrogens (primary N) is 1. The second-order valence-corrected chi connectivity index (χ2v) is 8.62. The molecule has 10 heteroatoms. The highest BCUT2D eigenvalue weighted by atomic mass is 79.9. The number of pyridine rings is 2. The van der Waals surface area contributed by atoms with Gasteiger partial charge >= 0.3 is 5.97 Å². The van der Waals surface area contributed by atoms with Crippen LogP contribution in [0, 0.1) is 5.82 Å². The monoisotopic (exact) mass is 503 g/mol. The SMILES string of the molecule is CC[C@@]1(O)C(=O)OCc2c1cc1n(c2=O)Cc2c-1nc1cc(F)c(OC)c(Br)c1c2CN. The highest BCUT2D eigenvalue weighted by molar-refractivity contribution is 9.10. The minimum absolute atomic E-state index is 0.0424. The molecule has 5 rings (SSSR count). The fourth-order valence-corrected chi connectivity index (χ4v) is 5.44.